The largest absolute Gasteiger partial charge is 0.423 e. The van der Waals surface area contributed by atoms with Crippen molar-refractivity contribution in [2.45, 2.75) is 13.5 Å². The summed E-state index contributed by atoms with van der Waals surface area (Å²) in [6.07, 6.45) is 6.55. The first kappa shape index (κ1) is 17.4. The zero-order chi connectivity index (χ0) is 18.4. The summed E-state index contributed by atoms with van der Waals surface area (Å²) in [5, 5.41) is 4.28. The molecule has 0 radical (unpaired) electrons. The van der Waals surface area contributed by atoms with Gasteiger partial charge in [-0.1, -0.05) is 30.3 Å². The Morgan fingerprint density at radius 1 is 1.08 bits per heavy atom. The number of ether oxygens (including phenoxy) is 1. The molecule has 0 fully saturated rings. The summed E-state index contributed by atoms with van der Waals surface area (Å²) in [5.74, 6) is -0.129. The van der Waals surface area contributed by atoms with Crippen LogP contribution < -0.4 is 4.74 Å². The van der Waals surface area contributed by atoms with Gasteiger partial charge in [0.05, 0.1) is 12.7 Å². The van der Waals surface area contributed by atoms with E-state index in [0.717, 1.165) is 11.1 Å². The van der Waals surface area contributed by atoms with E-state index in [4.69, 9.17) is 4.74 Å². The minimum atomic E-state index is -0.489. The molecule has 3 rings (SSSR count). The fraction of sp³-hybridized carbons (Fsp3) is 0.0952. The highest BCUT2D eigenvalue weighted by Gasteiger charge is 2.03. The predicted molar refractivity (Wildman–Crippen MR) is 98.9 cm³/mol. The van der Waals surface area contributed by atoms with Gasteiger partial charge in [0, 0.05) is 23.4 Å². The molecular formula is C21H18N2O3. The van der Waals surface area contributed by atoms with E-state index in [1.165, 1.54) is 13.0 Å². The number of esters is 1. The molecule has 1 aromatic heterocycles. The van der Waals surface area contributed by atoms with Crippen molar-refractivity contribution in [2.24, 2.45) is 0 Å². The third kappa shape index (κ3) is 4.77. The van der Waals surface area contributed by atoms with Crippen LogP contribution in [-0.2, 0) is 11.3 Å². The minimum absolute atomic E-state index is 0.0321. The van der Waals surface area contributed by atoms with Gasteiger partial charge in [-0.05, 0) is 42.8 Å². The van der Waals surface area contributed by atoms with Crippen LogP contribution in [0, 0.1) is 0 Å². The van der Waals surface area contributed by atoms with Gasteiger partial charge in [0.15, 0.2) is 5.78 Å². The first-order chi connectivity index (χ1) is 12.6. The van der Waals surface area contributed by atoms with Gasteiger partial charge < -0.3 is 4.74 Å². The maximum absolute atomic E-state index is 11.9. The highest BCUT2D eigenvalue weighted by atomic mass is 16.5. The van der Waals surface area contributed by atoms with Gasteiger partial charge in [0.1, 0.15) is 5.75 Å². The second-order valence-electron chi connectivity index (χ2n) is 5.79. The van der Waals surface area contributed by atoms with Crippen molar-refractivity contribution in [3.8, 4) is 5.75 Å². The fourth-order valence-corrected chi connectivity index (χ4v) is 2.39. The fourth-order valence-electron chi connectivity index (χ4n) is 2.39. The Morgan fingerprint density at radius 2 is 1.81 bits per heavy atom. The van der Waals surface area contributed by atoms with E-state index < -0.39 is 5.97 Å². The van der Waals surface area contributed by atoms with Crippen LogP contribution in [0.1, 0.15) is 28.4 Å². The number of carbonyl (C=O) groups excluding carboxylic acids is 2. The Labute approximate surface area is 151 Å². The molecule has 1 heterocycles. The number of carbonyl (C=O) groups is 2. The lowest BCUT2D eigenvalue weighted by Crippen LogP contribution is -2.03. The Bertz CT molecular complexity index is 925. The molecule has 0 spiro atoms. The van der Waals surface area contributed by atoms with Gasteiger partial charge in [-0.2, -0.15) is 5.10 Å². The highest BCUT2D eigenvalue weighted by molar-refractivity contribution is 5.94. The molecule has 0 atom stereocenters. The van der Waals surface area contributed by atoms with Crippen LogP contribution in [0.15, 0.2) is 73.1 Å². The molecule has 0 amide bonds. The lowest BCUT2D eigenvalue weighted by Gasteiger charge is -2.01. The predicted octanol–water partition coefficient (Wildman–Crippen LogP) is 3.75. The van der Waals surface area contributed by atoms with E-state index in [9.17, 15) is 9.59 Å². The summed E-state index contributed by atoms with van der Waals surface area (Å²) in [6, 6.07) is 16.5. The normalized spacial score (nSPS) is 10.8. The highest BCUT2D eigenvalue weighted by Crippen LogP contribution is 2.13. The number of hydrogen-bond donors (Lipinski definition) is 0. The number of benzene rings is 2. The van der Waals surface area contributed by atoms with E-state index >= 15 is 0 Å². The number of hydrogen-bond acceptors (Lipinski definition) is 4. The lowest BCUT2D eigenvalue weighted by molar-refractivity contribution is -0.128. The summed E-state index contributed by atoms with van der Waals surface area (Å²) >= 11 is 0. The van der Waals surface area contributed by atoms with Crippen molar-refractivity contribution in [3.63, 3.8) is 0 Å². The maximum Gasteiger partial charge on any atom is 0.336 e. The molecule has 0 unspecified atom stereocenters. The minimum Gasteiger partial charge on any atom is -0.423 e. The van der Waals surface area contributed by atoms with E-state index in [1.54, 1.807) is 41.2 Å². The van der Waals surface area contributed by atoms with Crippen LogP contribution in [0.5, 0.6) is 5.75 Å². The molecule has 5 nitrogen and oxygen atoms in total. The quantitative estimate of drug-likeness (QED) is 0.295. The first-order valence-corrected chi connectivity index (χ1v) is 8.17. The number of ketones is 1. The average molecular weight is 346 g/mol. The van der Waals surface area contributed by atoms with Crippen molar-refractivity contribution in [1.29, 1.82) is 0 Å². The third-order valence-corrected chi connectivity index (χ3v) is 3.73. The number of aromatic nitrogens is 2. The molecule has 0 aliphatic carbocycles. The molecule has 130 valence electrons. The summed E-state index contributed by atoms with van der Waals surface area (Å²) in [6.45, 7) is 2.16. The van der Waals surface area contributed by atoms with Crippen LogP contribution in [-0.4, -0.2) is 21.5 Å². The molecule has 0 N–H and O–H groups in total. The van der Waals surface area contributed by atoms with Crippen molar-refractivity contribution >= 4 is 17.8 Å². The SMILES string of the molecule is CC(=O)c1ccc(OC(=O)/C=C/c2cnn(Cc3ccccc3)c2)cc1. The molecule has 3 aromatic rings. The Kier molecular flexibility index (Phi) is 5.39. The van der Waals surface area contributed by atoms with E-state index in [0.29, 0.717) is 17.9 Å². The second-order valence-corrected chi connectivity index (χ2v) is 5.79. The van der Waals surface area contributed by atoms with Crippen LogP contribution >= 0.6 is 0 Å². The zero-order valence-electron chi connectivity index (χ0n) is 14.3. The summed E-state index contributed by atoms with van der Waals surface area (Å²) < 4.78 is 7.02. The van der Waals surface area contributed by atoms with Gasteiger partial charge in [-0.25, -0.2) is 4.79 Å². The molecular weight excluding hydrogens is 328 g/mol. The van der Waals surface area contributed by atoms with Crippen LogP contribution in [0.4, 0.5) is 0 Å². The van der Waals surface area contributed by atoms with Gasteiger partial charge in [-0.3, -0.25) is 9.48 Å². The lowest BCUT2D eigenvalue weighted by atomic mass is 10.1. The zero-order valence-corrected chi connectivity index (χ0v) is 14.3. The number of nitrogens with zero attached hydrogens (tertiary/aromatic N) is 2. The first-order valence-electron chi connectivity index (χ1n) is 8.17. The molecule has 26 heavy (non-hydrogen) atoms. The smallest absolute Gasteiger partial charge is 0.336 e. The van der Waals surface area contributed by atoms with Gasteiger partial charge in [0.25, 0.3) is 0 Å². The summed E-state index contributed by atoms with van der Waals surface area (Å²) in [5.41, 5.74) is 2.54. The molecule has 0 bridgehead atoms. The molecule has 0 aliphatic heterocycles. The van der Waals surface area contributed by atoms with E-state index in [-0.39, 0.29) is 5.78 Å². The van der Waals surface area contributed by atoms with Gasteiger partial charge >= 0.3 is 5.97 Å². The maximum atomic E-state index is 11.9. The van der Waals surface area contributed by atoms with Crippen molar-refractivity contribution < 1.29 is 14.3 Å². The Hall–Kier alpha value is -3.47. The topological polar surface area (TPSA) is 61.2 Å². The molecule has 2 aromatic carbocycles. The standard InChI is InChI=1S/C21H18N2O3/c1-16(24)19-8-10-20(11-9-19)26-21(25)12-7-18-13-22-23(15-18)14-17-5-3-2-4-6-17/h2-13,15H,14H2,1H3/b12-7+. The van der Waals surface area contributed by atoms with Gasteiger partial charge in [0.2, 0.25) is 0 Å². The second kappa shape index (κ2) is 8.07. The van der Waals surface area contributed by atoms with Gasteiger partial charge in [-0.15, -0.1) is 0 Å². The molecule has 0 saturated heterocycles. The monoisotopic (exact) mass is 346 g/mol. The average Bonchev–Trinajstić information content (AvgIpc) is 3.09. The molecule has 0 saturated carbocycles. The van der Waals surface area contributed by atoms with Crippen LogP contribution in [0.2, 0.25) is 0 Å². The number of rotatable bonds is 6. The van der Waals surface area contributed by atoms with Crippen molar-refractivity contribution in [2.75, 3.05) is 0 Å². The van der Waals surface area contributed by atoms with E-state index in [2.05, 4.69) is 5.10 Å². The summed E-state index contributed by atoms with van der Waals surface area (Å²) in [4.78, 5) is 23.1. The van der Waals surface area contributed by atoms with Crippen molar-refractivity contribution in [3.05, 3.63) is 89.8 Å². The Balaban J connectivity index is 1.57. The third-order valence-electron chi connectivity index (χ3n) is 3.73. The molecule has 0 aliphatic rings. The van der Waals surface area contributed by atoms with Crippen LogP contribution in [0.25, 0.3) is 6.08 Å². The number of Topliss-reactive ketones (excluding diaryl/α,β-unsaturated/α-hetero) is 1. The Morgan fingerprint density at radius 3 is 2.50 bits per heavy atom. The summed E-state index contributed by atoms with van der Waals surface area (Å²) in [7, 11) is 0. The van der Waals surface area contributed by atoms with Crippen molar-refractivity contribution in [1.82, 2.24) is 9.78 Å². The van der Waals surface area contributed by atoms with E-state index in [1.807, 2.05) is 36.5 Å². The van der Waals surface area contributed by atoms with Crippen LogP contribution in [0.3, 0.4) is 0 Å². The molecule has 5 heteroatoms.